The summed E-state index contributed by atoms with van der Waals surface area (Å²) in [6.45, 7) is 9.17. The largest absolute Gasteiger partial charge is 0.0649 e. The molecule has 0 N–H and O–H groups in total. The minimum atomic E-state index is 0.549. The monoisotopic (exact) mass is 290 g/mol. The third-order valence-electron chi connectivity index (χ3n) is 4.51. The molecule has 22 heavy (non-hydrogen) atoms. The van der Waals surface area contributed by atoms with Gasteiger partial charge in [-0.15, -0.1) is 0 Å². The van der Waals surface area contributed by atoms with Gasteiger partial charge in [-0.3, -0.25) is 0 Å². The smallest absolute Gasteiger partial charge is 0.00575 e. The lowest BCUT2D eigenvalue weighted by atomic mass is 9.89. The summed E-state index contributed by atoms with van der Waals surface area (Å²) in [5, 5.41) is 0. The van der Waals surface area contributed by atoms with Crippen LogP contribution in [-0.2, 0) is 6.42 Å². The van der Waals surface area contributed by atoms with E-state index < -0.39 is 0 Å². The predicted octanol–water partition coefficient (Wildman–Crippen LogP) is 6.46. The second-order valence-corrected chi connectivity index (χ2v) is 7.20. The van der Waals surface area contributed by atoms with E-state index in [9.17, 15) is 0 Å². The Morgan fingerprint density at radius 2 is 1.59 bits per heavy atom. The van der Waals surface area contributed by atoms with Crippen LogP contribution in [0.2, 0.25) is 0 Å². The van der Waals surface area contributed by atoms with Gasteiger partial charge in [0.1, 0.15) is 0 Å². The lowest BCUT2D eigenvalue weighted by Gasteiger charge is -2.15. The zero-order valence-corrected chi connectivity index (χ0v) is 14.2. The Labute approximate surface area is 134 Å². The van der Waals surface area contributed by atoms with Crippen molar-refractivity contribution < 1.29 is 0 Å². The second kappa shape index (κ2) is 6.12. The molecule has 2 aromatic rings. The van der Waals surface area contributed by atoms with Crippen molar-refractivity contribution in [2.45, 2.75) is 46.5 Å². The van der Waals surface area contributed by atoms with E-state index in [-0.39, 0.29) is 0 Å². The summed E-state index contributed by atoms with van der Waals surface area (Å²) in [7, 11) is 0. The Balaban J connectivity index is 2.09. The molecule has 0 saturated carbocycles. The molecule has 0 unspecified atom stereocenters. The standard InChI is InChI=1S/C22H26/c1-15(2)12-17-13-18-8-7-11-21(22(18)14-17)20-10-6-5-9-19(20)16(3)4/h5-11,14-16H,12-13H2,1-4H3. The third kappa shape index (κ3) is 2.88. The van der Waals surface area contributed by atoms with Crippen LogP contribution in [0.15, 0.2) is 48.0 Å². The van der Waals surface area contributed by atoms with Gasteiger partial charge in [0.15, 0.2) is 0 Å². The normalized spacial score (nSPS) is 13.6. The van der Waals surface area contributed by atoms with Crippen LogP contribution in [0.4, 0.5) is 0 Å². The Morgan fingerprint density at radius 3 is 2.32 bits per heavy atom. The summed E-state index contributed by atoms with van der Waals surface area (Å²) in [4.78, 5) is 0. The van der Waals surface area contributed by atoms with Gasteiger partial charge in [0, 0.05) is 0 Å². The summed E-state index contributed by atoms with van der Waals surface area (Å²) in [5.41, 5.74) is 8.77. The van der Waals surface area contributed by atoms with E-state index in [0.29, 0.717) is 5.92 Å². The van der Waals surface area contributed by atoms with Gasteiger partial charge < -0.3 is 0 Å². The van der Waals surface area contributed by atoms with E-state index >= 15 is 0 Å². The maximum absolute atomic E-state index is 2.45. The van der Waals surface area contributed by atoms with E-state index in [1.54, 1.807) is 5.57 Å². The lowest BCUT2D eigenvalue weighted by Crippen LogP contribution is -1.94. The fraction of sp³-hybridized carbons (Fsp3) is 0.364. The zero-order chi connectivity index (χ0) is 15.7. The molecule has 1 aliphatic rings. The molecule has 0 spiro atoms. The van der Waals surface area contributed by atoms with Crippen molar-refractivity contribution in [2.24, 2.45) is 5.92 Å². The number of fused-ring (bicyclic) bond motifs is 1. The first-order chi connectivity index (χ1) is 10.6. The van der Waals surface area contributed by atoms with Crippen LogP contribution < -0.4 is 0 Å². The van der Waals surface area contributed by atoms with Gasteiger partial charge in [-0.05, 0) is 52.5 Å². The van der Waals surface area contributed by atoms with Crippen LogP contribution in [0.1, 0.15) is 56.7 Å². The van der Waals surface area contributed by atoms with Crippen molar-refractivity contribution in [2.75, 3.05) is 0 Å². The van der Waals surface area contributed by atoms with Crippen LogP contribution in [0, 0.1) is 5.92 Å². The van der Waals surface area contributed by atoms with Gasteiger partial charge in [-0.1, -0.05) is 81.8 Å². The molecule has 0 heterocycles. The van der Waals surface area contributed by atoms with E-state index in [1.165, 1.54) is 34.2 Å². The van der Waals surface area contributed by atoms with Crippen LogP contribution in [0.25, 0.3) is 17.2 Å². The summed E-state index contributed by atoms with van der Waals surface area (Å²) in [5.74, 6) is 1.28. The van der Waals surface area contributed by atoms with Gasteiger partial charge in [-0.2, -0.15) is 0 Å². The van der Waals surface area contributed by atoms with Crippen molar-refractivity contribution in [3.8, 4) is 11.1 Å². The first-order valence-electron chi connectivity index (χ1n) is 8.47. The molecule has 0 bridgehead atoms. The van der Waals surface area contributed by atoms with Crippen molar-refractivity contribution in [3.05, 3.63) is 64.7 Å². The number of hydrogen-bond donors (Lipinski definition) is 0. The Morgan fingerprint density at radius 1 is 0.864 bits per heavy atom. The minimum absolute atomic E-state index is 0.549. The first-order valence-corrected chi connectivity index (χ1v) is 8.47. The van der Waals surface area contributed by atoms with Gasteiger partial charge in [0.25, 0.3) is 0 Å². The highest BCUT2D eigenvalue weighted by molar-refractivity contribution is 5.82. The summed E-state index contributed by atoms with van der Waals surface area (Å²) >= 11 is 0. The van der Waals surface area contributed by atoms with E-state index in [1.807, 2.05) is 0 Å². The van der Waals surface area contributed by atoms with E-state index in [4.69, 9.17) is 0 Å². The Hall–Kier alpha value is -1.82. The van der Waals surface area contributed by atoms with Gasteiger partial charge in [0.2, 0.25) is 0 Å². The highest BCUT2D eigenvalue weighted by Crippen LogP contribution is 2.38. The molecular formula is C22H26. The second-order valence-electron chi connectivity index (χ2n) is 7.20. The molecule has 0 fully saturated rings. The maximum atomic E-state index is 2.45. The molecule has 0 heteroatoms. The molecule has 0 aromatic heterocycles. The van der Waals surface area contributed by atoms with Crippen LogP contribution in [-0.4, -0.2) is 0 Å². The van der Waals surface area contributed by atoms with Crippen molar-refractivity contribution in [1.29, 1.82) is 0 Å². The maximum Gasteiger partial charge on any atom is -0.00575 e. The van der Waals surface area contributed by atoms with Gasteiger partial charge in [0.05, 0.1) is 0 Å². The first kappa shape index (κ1) is 15.1. The van der Waals surface area contributed by atoms with Crippen LogP contribution in [0.5, 0.6) is 0 Å². The van der Waals surface area contributed by atoms with Crippen molar-refractivity contribution in [3.63, 3.8) is 0 Å². The SMILES string of the molecule is CC(C)CC1=Cc2c(cccc2-c2ccccc2C(C)C)C1. The Kier molecular flexibility index (Phi) is 4.20. The summed E-state index contributed by atoms with van der Waals surface area (Å²) in [6, 6.07) is 15.7. The van der Waals surface area contributed by atoms with Gasteiger partial charge in [-0.25, -0.2) is 0 Å². The topological polar surface area (TPSA) is 0 Å². The molecule has 0 aliphatic heterocycles. The molecule has 0 amide bonds. The summed E-state index contributed by atoms with van der Waals surface area (Å²) in [6.07, 6.45) is 4.78. The molecule has 2 aromatic carbocycles. The molecule has 0 nitrogen and oxygen atoms in total. The average molecular weight is 290 g/mol. The number of allylic oxidation sites excluding steroid dienone is 1. The van der Waals surface area contributed by atoms with Crippen LogP contribution in [0.3, 0.4) is 0 Å². The highest BCUT2D eigenvalue weighted by atomic mass is 14.2. The summed E-state index contributed by atoms with van der Waals surface area (Å²) < 4.78 is 0. The number of benzene rings is 2. The molecule has 1 aliphatic carbocycles. The van der Waals surface area contributed by atoms with Crippen molar-refractivity contribution >= 4 is 6.08 Å². The lowest BCUT2D eigenvalue weighted by molar-refractivity contribution is 0.638. The van der Waals surface area contributed by atoms with E-state index in [2.05, 4.69) is 76.2 Å². The number of hydrogen-bond acceptors (Lipinski definition) is 0. The average Bonchev–Trinajstić information content (AvgIpc) is 2.88. The van der Waals surface area contributed by atoms with Crippen molar-refractivity contribution in [1.82, 2.24) is 0 Å². The van der Waals surface area contributed by atoms with E-state index in [0.717, 1.165) is 12.3 Å². The highest BCUT2D eigenvalue weighted by Gasteiger charge is 2.18. The third-order valence-corrected chi connectivity index (χ3v) is 4.51. The fourth-order valence-corrected chi connectivity index (χ4v) is 3.57. The molecular weight excluding hydrogens is 264 g/mol. The molecule has 0 atom stereocenters. The number of rotatable bonds is 4. The quantitative estimate of drug-likeness (QED) is 0.606. The molecule has 0 radical (unpaired) electrons. The Bertz CT molecular complexity index is 702. The van der Waals surface area contributed by atoms with Crippen LogP contribution >= 0.6 is 0 Å². The zero-order valence-electron chi connectivity index (χ0n) is 14.2. The minimum Gasteiger partial charge on any atom is -0.0649 e. The predicted molar refractivity (Wildman–Crippen MR) is 97.1 cm³/mol. The molecule has 0 saturated heterocycles. The molecule has 114 valence electrons. The molecule has 3 rings (SSSR count). The fourth-order valence-electron chi connectivity index (χ4n) is 3.57. The van der Waals surface area contributed by atoms with Gasteiger partial charge >= 0.3 is 0 Å².